The summed E-state index contributed by atoms with van der Waals surface area (Å²) in [6.45, 7) is 0. The molecule has 0 radical (unpaired) electrons. The molecule has 138 valence electrons. The van der Waals surface area contributed by atoms with Crippen molar-refractivity contribution >= 4 is 23.3 Å². The molecule has 0 spiro atoms. The number of ether oxygens (including phenoxy) is 2. The zero-order valence-corrected chi connectivity index (χ0v) is 14.7. The lowest BCUT2D eigenvalue weighted by Crippen LogP contribution is -2.11. The van der Waals surface area contributed by atoms with Crippen molar-refractivity contribution < 1.29 is 19.1 Å². The summed E-state index contributed by atoms with van der Waals surface area (Å²) < 4.78 is 10.8. The van der Waals surface area contributed by atoms with Crippen molar-refractivity contribution in [1.29, 1.82) is 0 Å². The molecule has 6 nitrogen and oxygen atoms in total. The van der Waals surface area contributed by atoms with E-state index >= 15 is 0 Å². The minimum absolute atomic E-state index is 0.326. The molecule has 6 heteroatoms. The zero-order chi connectivity index (χ0) is 19.1. The molecule has 2 atom stereocenters. The Morgan fingerprint density at radius 2 is 0.964 bits per heavy atom. The van der Waals surface area contributed by atoms with Gasteiger partial charge >= 0.3 is 11.9 Å². The standard InChI is InChI=1S/C22H16N2O4/c25-21-17-7-3-1-5-15(17)19(27-21)23-13-9-11-14(12-10-13)24-20-16-6-2-4-8-18(16)22(26)28-20/h1-12,19-20,23-24H. The number of esters is 2. The van der Waals surface area contributed by atoms with Crippen LogP contribution in [-0.2, 0) is 9.47 Å². The lowest BCUT2D eigenvalue weighted by molar-refractivity contribution is 0.0427. The van der Waals surface area contributed by atoms with E-state index in [9.17, 15) is 9.59 Å². The zero-order valence-electron chi connectivity index (χ0n) is 14.7. The molecule has 0 bridgehead atoms. The van der Waals surface area contributed by atoms with Crippen molar-refractivity contribution in [3.63, 3.8) is 0 Å². The summed E-state index contributed by atoms with van der Waals surface area (Å²) in [6, 6.07) is 22.2. The Morgan fingerprint density at radius 3 is 1.39 bits per heavy atom. The van der Waals surface area contributed by atoms with Crippen LogP contribution in [0.25, 0.3) is 0 Å². The summed E-state index contributed by atoms with van der Waals surface area (Å²) in [5.74, 6) is -0.652. The van der Waals surface area contributed by atoms with Crippen LogP contribution in [0.1, 0.15) is 44.3 Å². The summed E-state index contributed by atoms with van der Waals surface area (Å²) in [4.78, 5) is 23.9. The first kappa shape index (κ1) is 16.4. The quantitative estimate of drug-likeness (QED) is 0.667. The number of rotatable bonds is 4. The summed E-state index contributed by atoms with van der Waals surface area (Å²) >= 11 is 0. The van der Waals surface area contributed by atoms with Gasteiger partial charge in [-0.15, -0.1) is 0 Å². The number of anilines is 2. The van der Waals surface area contributed by atoms with Gasteiger partial charge in [0.05, 0.1) is 11.1 Å². The lowest BCUT2D eigenvalue weighted by Gasteiger charge is -2.17. The molecule has 2 aliphatic heterocycles. The molecule has 3 aromatic carbocycles. The molecule has 5 rings (SSSR count). The second-order valence-corrected chi connectivity index (χ2v) is 6.61. The molecule has 2 N–H and O–H groups in total. The Hall–Kier alpha value is -3.80. The topological polar surface area (TPSA) is 76.7 Å². The van der Waals surface area contributed by atoms with E-state index in [1.165, 1.54) is 0 Å². The van der Waals surface area contributed by atoms with Crippen LogP contribution in [0.4, 0.5) is 11.4 Å². The average molecular weight is 372 g/mol. The fourth-order valence-electron chi connectivity index (χ4n) is 3.47. The highest BCUT2D eigenvalue weighted by Gasteiger charge is 2.31. The third-order valence-corrected chi connectivity index (χ3v) is 4.86. The maximum absolute atomic E-state index is 11.9. The Labute approximate surface area is 161 Å². The van der Waals surface area contributed by atoms with E-state index in [4.69, 9.17) is 9.47 Å². The number of benzene rings is 3. The molecule has 0 aromatic heterocycles. The molecular weight excluding hydrogens is 356 g/mol. The van der Waals surface area contributed by atoms with Gasteiger partial charge in [0.2, 0.25) is 12.5 Å². The predicted molar refractivity (Wildman–Crippen MR) is 103 cm³/mol. The first-order chi connectivity index (χ1) is 13.7. The van der Waals surface area contributed by atoms with Gasteiger partial charge in [0.15, 0.2) is 0 Å². The molecule has 0 saturated carbocycles. The van der Waals surface area contributed by atoms with Crippen molar-refractivity contribution in [2.24, 2.45) is 0 Å². The first-order valence-electron chi connectivity index (χ1n) is 8.92. The van der Waals surface area contributed by atoms with Crippen LogP contribution in [-0.4, -0.2) is 11.9 Å². The number of carbonyl (C=O) groups is 2. The maximum atomic E-state index is 11.9. The maximum Gasteiger partial charge on any atom is 0.340 e. The second kappa shape index (κ2) is 6.42. The molecule has 2 aliphatic rings. The number of nitrogens with one attached hydrogen (secondary N) is 2. The van der Waals surface area contributed by atoms with Crippen molar-refractivity contribution in [1.82, 2.24) is 0 Å². The van der Waals surface area contributed by atoms with Gasteiger partial charge in [0.1, 0.15) is 0 Å². The van der Waals surface area contributed by atoms with Gasteiger partial charge < -0.3 is 20.1 Å². The van der Waals surface area contributed by atoms with Gasteiger partial charge in [-0.05, 0) is 36.4 Å². The van der Waals surface area contributed by atoms with Gasteiger partial charge in [-0.2, -0.15) is 0 Å². The van der Waals surface area contributed by atoms with E-state index in [1.54, 1.807) is 12.1 Å². The normalized spacial score (nSPS) is 19.4. The first-order valence-corrected chi connectivity index (χ1v) is 8.92. The van der Waals surface area contributed by atoms with Gasteiger partial charge in [0, 0.05) is 22.5 Å². The van der Waals surface area contributed by atoms with E-state index in [-0.39, 0.29) is 11.9 Å². The molecule has 0 saturated heterocycles. The third kappa shape index (κ3) is 2.75. The Bertz CT molecular complexity index is 991. The number of cyclic esters (lactones) is 2. The Balaban J connectivity index is 1.30. The summed E-state index contributed by atoms with van der Waals surface area (Å²) in [5, 5.41) is 6.43. The van der Waals surface area contributed by atoms with Crippen LogP contribution >= 0.6 is 0 Å². The lowest BCUT2D eigenvalue weighted by atomic mass is 10.1. The molecular formula is C22H16N2O4. The van der Waals surface area contributed by atoms with E-state index in [2.05, 4.69) is 10.6 Å². The van der Waals surface area contributed by atoms with Crippen molar-refractivity contribution in [3.05, 3.63) is 95.1 Å². The SMILES string of the molecule is O=C1OC(Nc2ccc(NC3OC(=O)c4ccccc43)cc2)c2ccccc21. The van der Waals surface area contributed by atoms with Crippen LogP contribution in [0, 0.1) is 0 Å². The molecule has 3 aromatic rings. The number of fused-ring (bicyclic) bond motifs is 2. The van der Waals surface area contributed by atoms with E-state index in [1.807, 2.05) is 60.7 Å². The Kier molecular flexibility index (Phi) is 3.76. The van der Waals surface area contributed by atoms with Gasteiger partial charge in [-0.3, -0.25) is 0 Å². The second-order valence-electron chi connectivity index (χ2n) is 6.61. The van der Waals surface area contributed by atoms with Gasteiger partial charge in [0.25, 0.3) is 0 Å². The summed E-state index contributed by atoms with van der Waals surface area (Å²) in [6.07, 6.45) is -1.02. The molecule has 0 aliphatic carbocycles. The molecule has 28 heavy (non-hydrogen) atoms. The fourth-order valence-corrected chi connectivity index (χ4v) is 3.47. The summed E-state index contributed by atoms with van der Waals surface area (Å²) in [7, 11) is 0. The minimum atomic E-state index is -0.509. The predicted octanol–water partition coefficient (Wildman–Crippen LogP) is 4.25. The van der Waals surface area contributed by atoms with Crippen LogP contribution in [0.5, 0.6) is 0 Å². The smallest absolute Gasteiger partial charge is 0.340 e. The Morgan fingerprint density at radius 1 is 0.571 bits per heavy atom. The highest BCUT2D eigenvalue weighted by atomic mass is 16.6. The highest BCUT2D eigenvalue weighted by molar-refractivity contribution is 5.95. The number of hydrogen-bond donors (Lipinski definition) is 2. The van der Waals surface area contributed by atoms with E-state index in [0.29, 0.717) is 11.1 Å². The molecule has 0 amide bonds. The van der Waals surface area contributed by atoms with E-state index in [0.717, 1.165) is 22.5 Å². The van der Waals surface area contributed by atoms with Crippen LogP contribution < -0.4 is 10.6 Å². The van der Waals surface area contributed by atoms with Gasteiger partial charge in [-0.1, -0.05) is 36.4 Å². The number of hydrogen-bond acceptors (Lipinski definition) is 6. The van der Waals surface area contributed by atoms with Crippen molar-refractivity contribution in [2.45, 2.75) is 12.5 Å². The van der Waals surface area contributed by atoms with E-state index < -0.39 is 12.5 Å². The fraction of sp³-hybridized carbons (Fsp3) is 0.0909. The molecule has 2 unspecified atom stereocenters. The number of carbonyl (C=O) groups excluding carboxylic acids is 2. The third-order valence-electron chi connectivity index (χ3n) is 4.86. The summed E-state index contributed by atoms with van der Waals surface area (Å²) in [5.41, 5.74) is 4.43. The highest BCUT2D eigenvalue weighted by Crippen LogP contribution is 2.33. The van der Waals surface area contributed by atoms with Crippen molar-refractivity contribution in [3.8, 4) is 0 Å². The molecule has 2 heterocycles. The monoisotopic (exact) mass is 372 g/mol. The minimum Gasteiger partial charge on any atom is -0.434 e. The van der Waals surface area contributed by atoms with Crippen LogP contribution in [0.15, 0.2) is 72.8 Å². The van der Waals surface area contributed by atoms with Gasteiger partial charge in [-0.25, -0.2) is 9.59 Å². The van der Waals surface area contributed by atoms with Crippen LogP contribution in [0.3, 0.4) is 0 Å². The molecule has 0 fully saturated rings. The average Bonchev–Trinajstić information content (AvgIpc) is 3.21. The van der Waals surface area contributed by atoms with Crippen LogP contribution in [0.2, 0.25) is 0 Å². The largest absolute Gasteiger partial charge is 0.434 e. The van der Waals surface area contributed by atoms with Crippen molar-refractivity contribution in [2.75, 3.05) is 10.6 Å².